The number of nitrogens with zero attached hydrogens (tertiary/aromatic N) is 3. The molecule has 1 fully saturated rings. The SMILES string of the molecule is Nc1ccc2nnc(C3CCOCC3)n2c1. The van der Waals surface area contributed by atoms with E-state index in [1.54, 1.807) is 0 Å². The number of fused-ring (bicyclic) bond motifs is 1. The molecule has 84 valence electrons. The Labute approximate surface area is 93.2 Å². The summed E-state index contributed by atoms with van der Waals surface area (Å²) in [7, 11) is 0. The minimum atomic E-state index is 0.436. The van der Waals surface area contributed by atoms with Crippen LogP contribution in [-0.2, 0) is 4.74 Å². The van der Waals surface area contributed by atoms with Crippen molar-refractivity contribution in [2.75, 3.05) is 18.9 Å². The van der Waals surface area contributed by atoms with E-state index in [4.69, 9.17) is 10.5 Å². The largest absolute Gasteiger partial charge is 0.398 e. The monoisotopic (exact) mass is 218 g/mol. The molecule has 0 aliphatic carbocycles. The van der Waals surface area contributed by atoms with Gasteiger partial charge in [0.15, 0.2) is 5.65 Å². The lowest BCUT2D eigenvalue weighted by Crippen LogP contribution is -2.16. The van der Waals surface area contributed by atoms with Gasteiger partial charge >= 0.3 is 0 Å². The van der Waals surface area contributed by atoms with Crippen LogP contribution in [0.3, 0.4) is 0 Å². The predicted octanol–water partition coefficient (Wildman–Crippen LogP) is 1.21. The van der Waals surface area contributed by atoms with Crippen LogP contribution in [0.1, 0.15) is 24.6 Å². The summed E-state index contributed by atoms with van der Waals surface area (Å²) in [5.74, 6) is 1.44. The molecule has 0 bridgehead atoms. The number of nitrogens with two attached hydrogens (primary N) is 1. The van der Waals surface area contributed by atoms with Crippen LogP contribution in [0.5, 0.6) is 0 Å². The lowest BCUT2D eigenvalue weighted by atomic mass is 10.00. The maximum absolute atomic E-state index is 5.78. The van der Waals surface area contributed by atoms with Crippen LogP contribution in [0.2, 0.25) is 0 Å². The quantitative estimate of drug-likeness (QED) is 0.781. The average Bonchev–Trinajstić information content (AvgIpc) is 2.73. The van der Waals surface area contributed by atoms with Crippen molar-refractivity contribution in [3.05, 3.63) is 24.2 Å². The molecule has 1 aliphatic rings. The molecular formula is C11H14N4O. The minimum absolute atomic E-state index is 0.436. The molecule has 2 N–H and O–H groups in total. The zero-order valence-corrected chi connectivity index (χ0v) is 8.97. The molecule has 3 rings (SSSR count). The first-order valence-corrected chi connectivity index (χ1v) is 5.52. The highest BCUT2D eigenvalue weighted by molar-refractivity contribution is 5.47. The number of pyridine rings is 1. The average molecular weight is 218 g/mol. The molecule has 5 heteroatoms. The van der Waals surface area contributed by atoms with E-state index in [0.717, 1.165) is 43.2 Å². The summed E-state index contributed by atoms with van der Waals surface area (Å²) in [5, 5.41) is 8.41. The number of aromatic nitrogens is 3. The van der Waals surface area contributed by atoms with Crippen LogP contribution in [0, 0.1) is 0 Å². The van der Waals surface area contributed by atoms with E-state index in [9.17, 15) is 0 Å². The van der Waals surface area contributed by atoms with Gasteiger partial charge in [-0.25, -0.2) is 0 Å². The molecule has 2 aromatic rings. The fourth-order valence-corrected chi connectivity index (χ4v) is 2.16. The van der Waals surface area contributed by atoms with Crippen LogP contribution in [-0.4, -0.2) is 27.8 Å². The van der Waals surface area contributed by atoms with Gasteiger partial charge in [-0.2, -0.15) is 0 Å². The molecule has 0 spiro atoms. The van der Waals surface area contributed by atoms with E-state index in [-0.39, 0.29) is 0 Å². The Kier molecular flexibility index (Phi) is 2.25. The zero-order valence-electron chi connectivity index (χ0n) is 8.97. The summed E-state index contributed by atoms with van der Waals surface area (Å²) in [6, 6.07) is 3.74. The Morgan fingerprint density at radius 2 is 2.06 bits per heavy atom. The summed E-state index contributed by atoms with van der Waals surface area (Å²) in [6.07, 6.45) is 3.91. The van der Waals surface area contributed by atoms with E-state index in [2.05, 4.69) is 10.2 Å². The predicted molar refractivity (Wildman–Crippen MR) is 60.2 cm³/mol. The number of hydrogen-bond acceptors (Lipinski definition) is 4. The van der Waals surface area contributed by atoms with Gasteiger partial charge in [0.2, 0.25) is 0 Å². The van der Waals surface area contributed by atoms with Gasteiger partial charge in [0.25, 0.3) is 0 Å². The summed E-state index contributed by atoms with van der Waals surface area (Å²) in [4.78, 5) is 0. The third-order valence-corrected chi connectivity index (χ3v) is 3.04. The molecule has 2 aromatic heterocycles. The molecule has 0 radical (unpaired) electrons. The smallest absolute Gasteiger partial charge is 0.160 e. The molecule has 0 atom stereocenters. The summed E-state index contributed by atoms with van der Waals surface area (Å²) in [5.41, 5.74) is 7.37. The molecule has 3 heterocycles. The second-order valence-electron chi connectivity index (χ2n) is 4.14. The fourth-order valence-electron chi connectivity index (χ4n) is 2.16. The van der Waals surface area contributed by atoms with E-state index < -0.39 is 0 Å². The number of rotatable bonds is 1. The summed E-state index contributed by atoms with van der Waals surface area (Å²) in [6.45, 7) is 1.61. The third kappa shape index (κ3) is 1.53. The Morgan fingerprint density at radius 1 is 1.25 bits per heavy atom. The standard InChI is InChI=1S/C11H14N4O/c12-9-1-2-10-13-14-11(15(10)7-9)8-3-5-16-6-4-8/h1-2,7-8H,3-6,12H2. The van der Waals surface area contributed by atoms with E-state index in [1.165, 1.54) is 0 Å². The first-order valence-electron chi connectivity index (χ1n) is 5.52. The number of anilines is 1. The zero-order chi connectivity index (χ0) is 11.0. The molecule has 0 saturated carbocycles. The lowest BCUT2D eigenvalue weighted by molar-refractivity contribution is 0.0834. The lowest BCUT2D eigenvalue weighted by Gasteiger charge is -2.20. The van der Waals surface area contributed by atoms with Crippen LogP contribution in [0.4, 0.5) is 5.69 Å². The molecule has 16 heavy (non-hydrogen) atoms. The topological polar surface area (TPSA) is 65.4 Å². The van der Waals surface area contributed by atoms with Crippen LogP contribution < -0.4 is 5.73 Å². The Hall–Kier alpha value is -1.62. The van der Waals surface area contributed by atoms with Crippen molar-refractivity contribution >= 4 is 11.3 Å². The molecule has 5 nitrogen and oxygen atoms in total. The minimum Gasteiger partial charge on any atom is -0.398 e. The van der Waals surface area contributed by atoms with Crippen molar-refractivity contribution in [1.29, 1.82) is 0 Å². The molecule has 1 aliphatic heterocycles. The Bertz CT molecular complexity index is 502. The number of hydrogen-bond donors (Lipinski definition) is 1. The highest BCUT2D eigenvalue weighted by Crippen LogP contribution is 2.26. The van der Waals surface area contributed by atoms with Gasteiger partial charge in [-0.1, -0.05) is 0 Å². The molecule has 0 amide bonds. The molecule has 0 aromatic carbocycles. The van der Waals surface area contributed by atoms with Crippen molar-refractivity contribution in [3.63, 3.8) is 0 Å². The van der Waals surface area contributed by atoms with Crippen molar-refractivity contribution in [1.82, 2.24) is 14.6 Å². The van der Waals surface area contributed by atoms with Crippen molar-refractivity contribution in [3.8, 4) is 0 Å². The van der Waals surface area contributed by atoms with Crippen molar-refractivity contribution in [2.24, 2.45) is 0 Å². The van der Waals surface area contributed by atoms with Gasteiger partial charge in [-0.3, -0.25) is 4.40 Å². The van der Waals surface area contributed by atoms with Gasteiger partial charge in [-0.15, -0.1) is 10.2 Å². The van der Waals surface area contributed by atoms with Crippen LogP contribution in [0.25, 0.3) is 5.65 Å². The summed E-state index contributed by atoms with van der Waals surface area (Å²) < 4.78 is 7.34. The van der Waals surface area contributed by atoms with Gasteiger partial charge < -0.3 is 10.5 Å². The van der Waals surface area contributed by atoms with Gasteiger partial charge in [-0.05, 0) is 25.0 Å². The van der Waals surface area contributed by atoms with E-state index in [1.807, 2.05) is 22.7 Å². The second kappa shape index (κ2) is 3.75. The Balaban J connectivity index is 2.05. The molecule has 0 unspecified atom stereocenters. The second-order valence-corrected chi connectivity index (χ2v) is 4.14. The van der Waals surface area contributed by atoms with Gasteiger partial charge in [0, 0.05) is 31.0 Å². The first-order chi connectivity index (χ1) is 7.84. The highest BCUT2D eigenvalue weighted by Gasteiger charge is 2.20. The molecule has 1 saturated heterocycles. The van der Waals surface area contributed by atoms with E-state index >= 15 is 0 Å². The van der Waals surface area contributed by atoms with Crippen LogP contribution in [0.15, 0.2) is 18.3 Å². The van der Waals surface area contributed by atoms with Gasteiger partial charge in [0.05, 0.1) is 0 Å². The number of nitrogen functional groups attached to an aromatic ring is 1. The molecular weight excluding hydrogens is 204 g/mol. The van der Waals surface area contributed by atoms with Gasteiger partial charge in [0.1, 0.15) is 5.82 Å². The maximum atomic E-state index is 5.78. The van der Waals surface area contributed by atoms with Crippen molar-refractivity contribution < 1.29 is 4.74 Å². The van der Waals surface area contributed by atoms with Crippen molar-refractivity contribution in [2.45, 2.75) is 18.8 Å². The number of ether oxygens (including phenoxy) is 1. The van der Waals surface area contributed by atoms with E-state index in [0.29, 0.717) is 5.92 Å². The Morgan fingerprint density at radius 3 is 2.88 bits per heavy atom. The highest BCUT2D eigenvalue weighted by atomic mass is 16.5. The maximum Gasteiger partial charge on any atom is 0.160 e. The van der Waals surface area contributed by atoms with Crippen LogP contribution >= 0.6 is 0 Å². The summed E-state index contributed by atoms with van der Waals surface area (Å²) >= 11 is 0. The fraction of sp³-hybridized carbons (Fsp3) is 0.455. The third-order valence-electron chi connectivity index (χ3n) is 3.04. The first kappa shape index (κ1) is 9.59. The normalized spacial score (nSPS) is 18.0.